The molecule has 0 saturated heterocycles. The van der Waals surface area contributed by atoms with E-state index in [2.05, 4.69) is 5.32 Å². The highest BCUT2D eigenvalue weighted by Gasteiger charge is 2.11. The zero-order chi connectivity index (χ0) is 18.9. The van der Waals surface area contributed by atoms with Crippen LogP contribution in [0.1, 0.15) is 29.3 Å². The van der Waals surface area contributed by atoms with Crippen LogP contribution < -0.4 is 10.1 Å². The van der Waals surface area contributed by atoms with Gasteiger partial charge in [0.05, 0.1) is 0 Å². The summed E-state index contributed by atoms with van der Waals surface area (Å²) in [5, 5.41) is 2.69. The van der Waals surface area contributed by atoms with Gasteiger partial charge < -0.3 is 14.8 Å². The Kier molecular flexibility index (Phi) is 6.91. The van der Waals surface area contributed by atoms with Gasteiger partial charge in [0.1, 0.15) is 5.75 Å². The highest BCUT2D eigenvalue weighted by molar-refractivity contribution is 5.98. The minimum atomic E-state index is -0.617. The van der Waals surface area contributed by atoms with Crippen molar-refractivity contribution < 1.29 is 23.9 Å². The molecule has 2 aromatic carbocycles. The number of rotatable bonds is 8. The first-order valence-electron chi connectivity index (χ1n) is 8.26. The Balaban J connectivity index is 1.79. The Morgan fingerprint density at radius 3 is 2.31 bits per heavy atom. The monoisotopic (exact) mass is 355 g/mol. The molecule has 0 unspecified atom stereocenters. The van der Waals surface area contributed by atoms with Crippen LogP contribution in [0.2, 0.25) is 0 Å². The number of Topliss-reactive ketones (excluding diaryl/α,β-unsaturated/α-hetero) is 1. The molecular weight excluding hydrogens is 334 g/mol. The smallest absolute Gasteiger partial charge is 0.344 e. The molecule has 0 saturated carbocycles. The number of para-hydroxylation sites is 1. The minimum Gasteiger partial charge on any atom is -0.482 e. The van der Waals surface area contributed by atoms with Crippen LogP contribution in [0.15, 0.2) is 48.5 Å². The fourth-order valence-electron chi connectivity index (χ4n) is 2.11. The van der Waals surface area contributed by atoms with Crippen molar-refractivity contribution in [2.75, 3.05) is 18.5 Å². The molecule has 6 heteroatoms. The van der Waals surface area contributed by atoms with Gasteiger partial charge in [0, 0.05) is 17.7 Å². The van der Waals surface area contributed by atoms with E-state index in [1.165, 1.54) is 0 Å². The van der Waals surface area contributed by atoms with Gasteiger partial charge in [-0.15, -0.1) is 0 Å². The van der Waals surface area contributed by atoms with E-state index in [1.54, 1.807) is 37.3 Å². The maximum Gasteiger partial charge on any atom is 0.344 e. The highest BCUT2D eigenvalue weighted by atomic mass is 16.6. The zero-order valence-corrected chi connectivity index (χ0v) is 14.8. The maximum absolute atomic E-state index is 12.1. The molecule has 6 nitrogen and oxygen atoms in total. The van der Waals surface area contributed by atoms with Crippen LogP contribution in [0.5, 0.6) is 5.75 Å². The van der Waals surface area contributed by atoms with E-state index in [0.29, 0.717) is 23.4 Å². The molecule has 0 atom stereocenters. The molecule has 0 aliphatic carbocycles. The number of hydrogen-bond acceptors (Lipinski definition) is 5. The lowest BCUT2D eigenvalue weighted by Gasteiger charge is -2.09. The summed E-state index contributed by atoms with van der Waals surface area (Å²) in [5.74, 6) is -0.455. The first-order chi connectivity index (χ1) is 12.5. The number of aryl methyl sites for hydroxylation is 1. The van der Waals surface area contributed by atoms with Gasteiger partial charge in [-0.1, -0.05) is 25.1 Å². The van der Waals surface area contributed by atoms with Crippen molar-refractivity contribution >= 4 is 23.3 Å². The molecule has 0 heterocycles. The van der Waals surface area contributed by atoms with Gasteiger partial charge in [0.25, 0.3) is 0 Å². The lowest BCUT2D eigenvalue weighted by atomic mass is 10.1. The Hall–Kier alpha value is -3.15. The molecule has 0 spiro atoms. The molecule has 1 amide bonds. The van der Waals surface area contributed by atoms with Crippen molar-refractivity contribution in [3.63, 3.8) is 0 Å². The standard InChI is InChI=1S/C20H21NO5/c1-3-19(23)21-16-10-8-15(9-11-16)17(22)12-26-20(24)13-25-18-7-5-4-6-14(18)2/h4-11H,3,12-13H2,1-2H3,(H,21,23). The van der Waals surface area contributed by atoms with Gasteiger partial charge in [-0.3, -0.25) is 9.59 Å². The fourth-order valence-corrected chi connectivity index (χ4v) is 2.11. The van der Waals surface area contributed by atoms with Crippen LogP contribution in [0.25, 0.3) is 0 Å². The predicted octanol–water partition coefficient (Wildman–Crippen LogP) is 3.15. The molecule has 0 aliphatic heterocycles. The molecular formula is C20H21NO5. The summed E-state index contributed by atoms with van der Waals surface area (Å²) in [4.78, 5) is 35.1. The number of hydrogen-bond donors (Lipinski definition) is 1. The number of amides is 1. The van der Waals surface area contributed by atoms with Crippen LogP contribution >= 0.6 is 0 Å². The van der Waals surface area contributed by atoms with Gasteiger partial charge in [-0.2, -0.15) is 0 Å². The molecule has 2 rings (SSSR count). The van der Waals surface area contributed by atoms with Crippen molar-refractivity contribution in [1.29, 1.82) is 0 Å². The first kappa shape index (κ1) is 19.2. The predicted molar refractivity (Wildman–Crippen MR) is 97.3 cm³/mol. The Bertz CT molecular complexity index is 783. The van der Waals surface area contributed by atoms with E-state index in [1.807, 2.05) is 25.1 Å². The van der Waals surface area contributed by atoms with Gasteiger partial charge in [0.15, 0.2) is 19.0 Å². The number of ether oxygens (including phenoxy) is 2. The van der Waals surface area contributed by atoms with Crippen LogP contribution in [0.4, 0.5) is 5.69 Å². The summed E-state index contributed by atoms with van der Waals surface area (Å²) in [6, 6.07) is 13.7. The van der Waals surface area contributed by atoms with E-state index in [-0.39, 0.29) is 24.9 Å². The molecule has 1 N–H and O–H groups in total. The van der Waals surface area contributed by atoms with Crippen LogP contribution in [-0.4, -0.2) is 30.9 Å². The van der Waals surface area contributed by atoms with Crippen molar-refractivity contribution in [3.05, 3.63) is 59.7 Å². The first-order valence-corrected chi connectivity index (χ1v) is 8.26. The number of carbonyl (C=O) groups is 3. The SMILES string of the molecule is CCC(=O)Nc1ccc(C(=O)COC(=O)COc2ccccc2C)cc1. The number of nitrogens with one attached hydrogen (secondary N) is 1. The van der Waals surface area contributed by atoms with Gasteiger partial charge in [-0.05, 0) is 42.8 Å². The number of anilines is 1. The van der Waals surface area contributed by atoms with Crippen molar-refractivity contribution in [3.8, 4) is 5.75 Å². The molecule has 0 bridgehead atoms. The van der Waals surface area contributed by atoms with Gasteiger partial charge in [-0.25, -0.2) is 4.79 Å². The fraction of sp³-hybridized carbons (Fsp3) is 0.250. The zero-order valence-electron chi connectivity index (χ0n) is 14.8. The van der Waals surface area contributed by atoms with Gasteiger partial charge in [0.2, 0.25) is 5.91 Å². The molecule has 0 aromatic heterocycles. The number of benzene rings is 2. The van der Waals surface area contributed by atoms with E-state index >= 15 is 0 Å². The van der Waals surface area contributed by atoms with Gasteiger partial charge >= 0.3 is 5.97 Å². The quantitative estimate of drug-likeness (QED) is 0.581. The summed E-state index contributed by atoms with van der Waals surface area (Å²) in [6.45, 7) is 3.00. The average Bonchev–Trinajstić information content (AvgIpc) is 2.66. The molecule has 0 fully saturated rings. The Morgan fingerprint density at radius 1 is 0.962 bits per heavy atom. The second-order valence-electron chi connectivity index (χ2n) is 5.62. The third-order valence-corrected chi connectivity index (χ3v) is 3.62. The second kappa shape index (κ2) is 9.36. The lowest BCUT2D eigenvalue weighted by molar-refractivity contribution is -0.144. The summed E-state index contributed by atoms with van der Waals surface area (Å²) in [7, 11) is 0. The van der Waals surface area contributed by atoms with E-state index in [0.717, 1.165) is 5.56 Å². The molecule has 0 aliphatic rings. The third kappa shape index (κ3) is 5.73. The van der Waals surface area contributed by atoms with Crippen molar-refractivity contribution in [2.24, 2.45) is 0 Å². The molecule has 2 aromatic rings. The summed E-state index contributed by atoms with van der Waals surface area (Å²) < 4.78 is 10.3. The average molecular weight is 355 g/mol. The lowest BCUT2D eigenvalue weighted by Crippen LogP contribution is -2.19. The summed E-state index contributed by atoms with van der Waals surface area (Å²) in [6.07, 6.45) is 0.376. The van der Waals surface area contributed by atoms with Crippen LogP contribution in [0.3, 0.4) is 0 Å². The van der Waals surface area contributed by atoms with E-state index in [4.69, 9.17) is 9.47 Å². The molecule has 26 heavy (non-hydrogen) atoms. The Labute approximate surface area is 152 Å². The topological polar surface area (TPSA) is 81.7 Å². The van der Waals surface area contributed by atoms with E-state index < -0.39 is 5.97 Å². The number of ketones is 1. The van der Waals surface area contributed by atoms with Crippen molar-refractivity contribution in [2.45, 2.75) is 20.3 Å². The molecule has 0 radical (unpaired) electrons. The number of esters is 1. The number of carbonyl (C=O) groups excluding carboxylic acids is 3. The Morgan fingerprint density at radius 2 is 1.65 bits per heavy atom. The normalized spacial score (nSPS) is 10.1. The highest BCUT2D eigenvalue weighted by Crippen LogP contribution is 2.16. The largest absolute Gasteiger partial charge is 0.482 e. The third-order valence-electron chi connectivity index (χ3n) is 3.62. The minimum absolute atomic E-state index is 0.105. The maximum atomic E-state index is 12.1. The van der Waals surface area contributed by atoms with E-state index in [9.17, 15) is 14.4 Å². The van der Waals surface area contributed by atoms with Crippen LogP contribution in [0, 0.1) is 6.92 Å². The second-order valence-corrected chi connectivity index (χ2v) is 5.62. The summed E-state index contributed by atoms with van der Waals surface area (Å²) >= 11 is 0. The summed E-state index contributed by atoms with van der Waals surface area (Å²) in [5.41, 5.74) is 1.91. The van der Waals surface area contributed by atoms with Crippen LogP contribution in [-0.2, 0) is 14.3 Å². The van der Waals surface area contributed by atoms with Crippen molar-refractivity contribution in [1.82, 2.24) is 0 Å². The molecule has 136 valence electrons.